The van der Waals surface area contributed by atoms with E-state index in [1.807, 2.05) is 10.8 Å². The molecule has 0 aromatic carbocycles. The van der Waals surface area contributed by atoms with Crippen LogP contribution in [-0.2, 0) is 25.9 Å². The van der Waals surface area contributed by atoms with Crippen molar-refractivity contribution in [2.45, 2.75) is 51.6 Å². The second-order valence-electron chi connectivity index (χ2n) is 5.56. The van der Waals surface area contributed by atoms with E-state index < -0.39 is 0 Å². The maximum Gasteiger partial charge on any atom is 0.328 e. The van der Waals surface area contributed by atoms with Crippen LogP contribution in [0.4, 0.5) is 0 Å². The summed E-state index contributed by atoms with van der Waals surface area (Å²) in [5.41, 5.74) is 1.30. The third kappa shape index (κ3) is 2.99. The molecule has 3 rings (SSSR count). The van der Waals surface area contributed by atoms with Gasteiger partial charge < -0.3 is 9.55 Å². The Morgan fingerprint density at radius 2 is 2.00 bits per heavy atom. The molecule has 6 nitrogen and oxygen atoms in total. The van der Waals surface area contributed by atoms with Gasteiger partial charge in [-0.3, -0.25) is 9.36 Å². The Kier molecular flexibility index (Phi) is 4.03. The predicted molar refractivity (Wildman–Crippen MR) is 79.4 cm³/mol. The first-order valence-electron chi connectivity index (χ1n) is 7.56. The van der Waals surface area contributed by atoms with E-state index >= 15 is 0 Å². The lowest BCUT2D eigenvalue weighted by molar-refractivity contribution is 0.529. The standard InChI is InChI=1S/C15H20N4O2/c20-14-12-5-2-1-3-6-13(12)17-15(21)19(14)9-4-8-18-10-7-16-11-18/h7,10-11H,1-6,8-9H2,(H,17,21). The summed E-state index contributed by atoms with van der Waals surface area (Å²) in [5, 5.41) is 0. The van der Waals surface area contributed by atoms with E-state index in [-0.39, 0.29) is 11.2 Å². The van der Waals surface area contributed by atoms with Gasteiger partial charge in [-0.15, -0.1) is 0 Å². The molecule has 0 fully saturated rings. The molecule has 1 aliphatic rings. The Balaban J connectivity index is 1.80. The summed E-state index contributed by atoms with van der Waals surface area (Å²) in [7, 11) is 0. The van der Waals surface area contributed by atoms with E-state index in [4.69, 9.17) is 0 Å². The molecule has 0 saturated heterocycles. The van der Waals surface area contributed by atoms with Gasteiger partial charge in [0.1, 0.15) is 0 Å². The predicted octanol–water partition coefficient (Wildman–Crippen LogP) is 1.09. The molecule has 21 heavy (non-hydrogen) atoms. The number of aromatic amines is 1. The summed E-state index contributed by atoms with van der Waals surface area (Å²) in [6.07, 6.45) is 10.9. The molecule has 6 heteroatoms. The number of imidazole rings is 1. The minimum atomic E-state index is -0.272. The second-order valence-corrected chi connectivity index (χ2v) is 5.56. The number of fused-ring (bicyclic) bond motifs is 1. The van der Waals surface area contributed by atoms with Crippen molar-refractivity contribution < 1.29 is 0 Å². The minimum absolute atomic E-state index is 0.0960. The number of aromatic nitrogens is 4. The Morgan fingerprint density at radius 1 is 1.14 bits per heavy atom. The number of nitrogens with one attached hydrogen (secondary N) is 1. The Labute approximate surface area is 122 Å². The number of aryl methyl sites for hydroxylation is 2. The quantitative estimate of drug-likeness (QED) is 0.856. The van der Waals surface area contributed by atoms with Gasteiger partial charge in [-0.2, -0.15) is 0 Å². The fourth-order valence-electron chi connectivity index (χ4n) is 2.94. The maximum atomic E-state index is 12.5. The van der Waals surface area contributed by atoms with Gasteiger partial charge >= 0.3 is 5.69 Å². The van der Waals surface area contributed by atoms with Crippen molar-refractivity contribution in [1.82, 2.24) is 19.1 Å². The zero-order valence-electron chi connectivity index (χ0n) is 12.0. The van der Waals surface area contributed by atoms with Crippen LogP contribution in [-0.4, -0.2) is 19.1 Å². The molecule has 0 saturated carbocycles. The van der Waals surface area contributed by atoms with Crippen molar-refractivity contribution in [3.05, 3.63) is 50.8 Å². The van der Waals surface area contributed by atoms with Gasteiger partial charge in [0.25, 0.3) is 5.56 Å². The topological polar surface area (TPSA) is 72.7 Å². The molecule has 2 aromatic rings. The van der Waals surface area contributed by atoms with Crippen LogP contribution in [0.1, 0.15) is 36.9 Å². The first kappa shape index (κ1) is 13.9. The Bertz CT molecular complexity index is 712. The number of hydrogen-bond acceptors (Lipinski definition) is 3. The Morgan fingerprint density at radius 3 is 2.81 bits per heavy atom. The van der Waals surface area contributed by atoms with E-state index in [2.05, 4.69) is 9.97 Å². The highest BCUT2D eigenvalue weighted by Gasteiger charge is 2.15. The molecule has 0 bridgehead atoms. The second kappa shape index (κ2) is 6.11. The fraction of sp³-hybridized carbons (Fsp3) is 0.533. The minimum Gasteiger partial charge on any atom is -0.337 e. The van der Waals surface area contributed by atoms with Crippen LogP contribution in [0, 0.1) is 0 Å². The molecule has 0 unspecified atom stereocenters. The van der Waals surface area contributed by atoms with E-state index in [0.29, 0.717) is 6.54 Å². The van der Waals surface area contributed by atoms with Gasteiger partial charge in [-0.05, 0) is 32.1 Å². The highest BCUT2D eigenvalue weighted by atomic mass is 16.2. The van der Waals surface area contributed by atoms with Gasteiger partial charge in [0.05, 0.1) is 6.33 Å². The molecular weight excluding hydrogens is 268 g/mol. The SMILES string of the molecule is O=c1[nH]c2c(c(=O)n1CCCn1ccnc1)CCCCC2. The van der Waals surface area contributed by atoms with Crippen molar-refractivity contribution in [2.75, 3.05) is 0 Å². The van der Waals surface area contributed by atoms with Crippen LogP contribution in [0.15, 0.2) is 28.3 Å². The van der Waals surface area contributed by atoms with Crippen LogP contribution in [0.3, 0.4) is 0 Å². The average Bonchev–Trinajstić information content (AvgIpc) is 2.87. The number of H-pyrrole nitrogens is 1. The summed E-state index contributed by atoms with van der Waals surface area (Å²) in [5.74, 6) is 0. The molecule has 1 N–H and O–H groups in total. The monoisotopic (exact) mass is 288 g/mol. The summed E-state index contributed by atoms with van der Waals surface area (Å²) in [6, 6.07) is 0. The maximum absolute atomic E-state index is 12.5. The van der Waals surface area contributed by atoms with Crippen LogP contribution in [0.5, 0.6) is 0 Å². The molecule has 0 atom stereocenters. The third-order valence-electron chi connectivity index (χ3n) is 4.08. The van der Waals surface area contributed by atoms with Crippen LogP contribution < -0.4 is 11.2 Å². The van der Waals surface area contributed by atoms with Crippen molar-refractivity contribution in [3.63, 3.8) is 0 Å². The molecule has 0 radical (unpaired) electrons. The molecule has 0 amide bonds. The normalized spacial score (nSPS) is 14.7. The third-order valence-corrected chi connectivity index (χ3v) is 4.08. The van der Waals surface area contributed by atoms with Crippen molar-refractivity contribution >= 4 is 0 Å². The summed E-state index contributed by atoms with van der Waals surface area (Å²) < 4.78 is 3.30. The number of rotatable bonds is 4. The molecule has 0 spiro atoms. The van der Waals surface area contributed by atoms with Crippen LogP contribution in [0.25, 0.3) is 0 Å². The zero-order valence-corrected chi connectivity index (χ0v) is 12.0. The van der Waals surface area contributed by atoms with Gasteiger partial charge in [0.15, 0.2) is 0 Å². The van der Waals surface area contributed by atoms with Crippen molar-refractivity contribution in [1.29, 1.82) is 0 Å². The average molecular weight is 288 g/mol. The van der Waals surface area contributed by atoms with E-state index in [1.54, 1.807) is 12.5 Å². The zero-order chi connectivity index (χ0) is 14.7. The van der Waals surface area contributed by atoms with E-state index in [1.165, 1.54) is 4.57 Å². The summed E-state index contributed by atoms with van der Waals surface area (Å²) >= 11 is 0. The van der Waals surface area contributed by atoms with Crippen molar-refractivity contribution in [3.8, 4) is 0 Å². The molecule has 0 aliphatic heterocycles. The number of hydrogen-bond donors (Lipinski definition) is 1. The molecule has 2 heterocycles. The lowest BCUT2D eigenvalue weighted by atomic mass is 10.1. The van der Waals surface area contributed by atoms with Crippen molar-refractivity contribution in [2.24, 2.45) is 0 Å². The van der Waals surface area contributed by atoms with Crippen LogP contribution in [0.2, 0.25) is 0 Å². The first-order valence-corrected chi connectivity index (χ1v) is 7.56. The van der Waals surface area contributed by atoms with E-state index in [0.717, 1.165) is 56.3 Å². The highest BCUT2D eigenvalue weighted by molar-refractivity contribution is 5.18. The van der Waals surface area contributed by atoms with Gasteiger partial charge in [0.2, 0.25) is 0 Å². The smallest absolute Gasteiger partial charge is 0.328 e. The summed E-state index contributed by atoms with van der Waals surface area (Å²) in [4.78, 5) is 31.5. The van der Waals surface area contributed by atoms with Gasteiger partial charge in [-0.1, -0.05) is 6.42 Å². The molecular formula is C15H20N4O2. The molecule has 1 aliphatic carbocycles. The first-order chi connectivity index (χ1) is 10.3. The highest BCUT2D eigenvalue weighted by Crippen LogP contribution is 2.14. The van der Waals surface area contributed by atoms with Gasteiger partial charge in [-0.25, -0.2) is 9.78 Å². The molecule has 112 valence electrons. The van der Waals surface area contributed by atoms with Crippen LogP contribution >= 0.6 is 0 Å². The Hall–Kier alpha value is -2.11. The fourth-order valence-corrected chi connectivity index (χ4v) is 2.94. The number of nitrogens with zero attached hydrogens (tertiary/aromatic N) is 3. The van der Waals surface area contributed by atoms with Gasteiger partial charge in [0, 0.05) is 36.7 Å². The van der Waals surface area contributed by atoms with E-state index in [9.17, 15) is 9.59 Å². The lowest BCUT2D eigenvalue weighted by Crippen LogP contribution is -2.38. The molecule has 2 aromatic heterocycles. The largest absolute Gasteiger partial charge is 0.337 e. The summed E-state index contributed by atoms with van der Waals surface area (Å²) in [6.45, 7) is 1.20. The lowest BCUT2D eigenvalue weighted by Gasteiger charge is -2.10.